The van der Waals surface area contributed by atoms with Gasteiger partial charge in [0.15, 0.2) is 0 Å². The summed E-state index contributed by atoms with van der Waals surface area (Å²) >= 11 is 0. The van der Waals surface area contributed by atoms with Crippen molar-refractivity contribution in [3.05, 3.63) is 0 Å². The maximum Gasteiger partial charge on any atom is 0.347 e. The molecule has 0 aromatic rings. The van der Waals surface area contributed by atoms with E-state index in [0.717, 1.165) is 6.42 Å². The smallest absolute Gasteiger partial charge is 0.347 e. The first-order valence-corrected chi connectivity index (χ1v) is 5.52. The molecule has 0 amide bonds. The molecule has 5 nitrogen and oxygen atoms in total. The second-order valence-electron chi connectivity index (χ2n) is 3.30. The lowest BCUT2D eigenvalue weighted by atomic mass is 9.92. The molecular weight excluding hydrogens is 181 g/mol. The molecule has 1 aliphatic carbocycles. The molecule has 1 fully saturated rings. The fourth-order valence-corrected chi connectivity index (χ4v) is 2.47. The van der Waals surface area contributed by atoms with Crippen LogP contribution in [0, 0.1) is 0 Å². The molecule has 2 unspecified atom stereocenters. The molecule has 12 heavy (non-hydrogen) atoms. The summed E-state index contributed by atoms with van der Waals surface area (Å²) in [4.78, 5) is 17.8. The molecule has 0 saturated heterocycles. The number of nitrogens with two attached hydrogens (primary N) is 1. The Morgan fingerprint density at radius 2 is 2.00 bits per heavy atom. The van der Waals surface area contributed by atoms with E-state index < -0.39 is 19.0 Å². The first-order chi connectivity index (χ1) is 5.38. The van der Waals surface area contributed by atoms with Crippen LogP contribution in [-0.4, -0.2) is 26.3 Å². The van der Waals surface area contributed by atoms with Gasteiger partial charge in [-0.15, -0.1) is 0 Å². The summed E-state index contributed by atoms with van der Waals surface area (Å²) in [7, 11) is -4.38. The van der Waals surface area contributed by atoms with Gasteiger partial charge in [0, 0.05) is 0 Å². The van der Waals surface area contributed by atoms with Crippen molar-refractivity contribution >= 4 is 7.60 Å². The molecule has 0 spiro atoms. The first kappa shape index (κ1) is 10.2. The van der Waals surface area contributed by atoms with Crippen LogP contribution in [-0.2, 0) is 4.57 Å². The molecular formula is C6H14NO4P. The minimum Gasteiger partial charge on any atom is -0.391 e. The van der Waals surface area contributed by atoms with E-state index >= 15 is 0 Å². The molecule has 2 atom stereocenters. The van der Waals surface area contributed by atoms with Crippen LogP contribution in [0.1, 0.15) is 25.7 Å². The minimum atomic E-state index is -4.38. The van der Waals surface area contributed by atoms with Crippen LogP contribution in [0.25, 0.3) is 0 Å². The van der Waals surface area contributed by atoms with E-state index in [9.17, 15) is 9.67 Å². The summed E-state index contributed by atoms with van der Waals surface area (Å²) in [6, 6.07) is 0. The van der Waals surface area contributed by atoms with E-state index in [1.807, 2.05) is 0 Å². The van der Waals surface area contributed by atoms with Crippen molar-refractivity contribution in [2.75, 3.05) is 0 Å². The summed E-state index contributed by atoms with van der Waals surface area (Å²) < 4.78 is 10.9. The second kappa shape index (κ2) is 3.09. The largest absolute Gasteiger partial charge is 0.391 e. The average Bonchev–Trinajstić information content (AvgIpc) is 1.93. The second-order valence-corrected chi connectivity index (χ2v) is 5.22. The topological polar surface area (TPSA) is 104 Å². The monoisotopic (exact) mass is 195 g/mol. The summed E-state index contributed by atoms with van der Waals surface area (Å²) in [6.45, 7) is 0. The zero-order valence-electron chi connectivity index (χ0n) is 6.68. The van der Waals surface area contributed by atoms with Crippen molar-refractivity contribution in [3.63, 3.8) is 0 Å². The van der Waals surface area contributed by atoms with Crippen molar-refractivity contribution in [2.45, 2.75) is 37.1 Å². The van der Waals surface area contributed by atoms with E-state index in [4.69, 9.17) is 15.5 Å². The van der Waals surface area contributed by atoms with Gasteiger partial charge >= 0.3 is 7.60 Å². The van der Waals surface area contributed by atoms with Gasteiger partial charge in [0.2, 0.25) is 0 Å². The summed E-state index contributed by atoms with van der Waals surface area (Å²) in [5.41, 5.74) is 5.47. The van der Waals surface area contributed by atoms with Crippen LogP contribution >= 0.6 is 7.60 Å². The van der Waals surface area contributed by atoms with Gasteiger partial charge in [-0.2, -0.15) is 0 Å². The van der Waals surface area contributed by atoms with Gasteiger partial charge in [-0.05, 0) is 12.8 Å². The van der Waals surface area contributed by atoms with Crippen molar-refractivity contribution in [3.8, 4) is 0 Å². The fourth-order valence-electron chi connectivity index (χ4n) is 1.50. The van der Waals surface area contributed by atoms with E-state index in [-0.39, 0.29) is 6.42 Å². The minimum absolute atomic E-state index is 0.193. The molecule has 1 saturated carbocycles. The van der Waals surface area contributed by atoms with Crippen molar-refractivity contribution < 1.29 is 19.5 Å². The summed E-state index contributed by atoms with van der Waals surface area (Å²) in [5.74, 6) is 0. The SMILES string of the molecule is NC1(P(=O)(O)O)CCCCC1O. The third-order valence-corrected chi connectivity index (χ3v) is 4.03. The van der Waals surface area contributed by atoms with Gasteiger partial charge in [-0.25, -0.2) is 0 Å². The van der Waals surface area contributed by atoms with Crippen LogP contribution in [0.3, 0.4) is 0 Å². The lowest BCUT2D eigenvalue weighted by molar-refractivity contribution is 0.0738. The third-order valence-electron chi connectivity index (χ3n) is 2.42. The Kier molecular flexibility index (Phi) is 2.61. The molecule has 1 aliphatic rings. The molecule has 0 aromatic carbocycles. The normalized spacial score (nSPS) is 38.2. The maximum absolute atomic E-state index is 10.9. The van der Waals surface area contributed by atoms with Crippen LogP contribution in [0.5, 0.6) is 0 Å². The van der Waals surface area contributed by atoms with Crippen LogP contribution in [0.4, 0.5) is 0 Å². The number of hydrogen-bond acceptors (Lipinski definition) is 3. The molecule has 5 N–H and O–H groups in total. The van der Waals surface area contributed by atoms with Gasteiger partial charge in [0.05, 0.1) is 6.10 Å². The molecule has 0 aliphatic heterocycles. The lowest BCUT2D eigenvalue weighted by Crippen LogP contribution is -2.52. The number of hydrogen-bond donors (Lipinski definition) is 4. The molecule has 72 valence electrons. The molecule has 0 aromatic heterocycles. The lowest BCUT2D eigenvalue weighted by Gasteiger charge is -2.37. The predicted octanol–water partition coefficient (Wildman–Crippen LogP) is -0.246. The Balaban J connectivity index is 2.87. The van der Waals surface area contributed by atoms with E-state index in [2.05, 4.69) is 0 Å². The first-order valence-electron chi connectivity index (χ1n) is 3.90. The fraction of sp³-hybridized carbons (Fsp3) is 1.00. The van der Waals surface area contributed by atoms with Crippen LogP contribution in [0.2, 0.25) is 0 Å². The Bertz CT molecular complexity index is 216. The Labute approximate surface area is 70.7 Å². The Morgan fingerprint density at radius 3 is 2.33 bits per heavy atom. The van der Waals surface area contributed by atoms with Gasteiger partial charge in [-0.3, -0.25) is 4.57 Å². The van der Waals surface area contributed by atoms with Gasteiger partial charge in [-0.1, -0.05) is 12.8 Å². The number of rotatable bonds is 1. The van der Waals surface area contributed by atoms with Crippen molar-refractivity contribution in [1.82, 2.24) is 0 Å². The van der Waals surface area contributed by atoms with E-state index in [0.29, 0.717) is 12.8 Å². The molecule has 6 heteroatoms. The van der Waals surface area contributed by atoms with E-state index in [1.54, 1.807) is 0 Å². The summed E-state index contributed by atoms with van der Waals surface area (Å²) in [6.07, 6.45) is 0.936. The zero-order valence-corrected chi connectivity index (χ0v) is 7.57. The quantitative estimate of drug-likeness (QED) is 0.432. The number of aliphatic hydroxyl groups excluding tert-OH is 1. The highest BCUT2D eigenvalue weighted by Crippen LogP contribution is 2.53. The highest BCUT2D eigenvalue weighted by atomic mass is 31.2. The van der Waals surface area contributed by atoms with Gasteiger partial charge in [0.25, 0.3) is 0 Å². The van der Waals surface area contributed by atoms with Crippen molar-refractivity contribution in [1.29, 1.82) is 0 Å². The van der Waals surface area contributed by atoms with Gasteiger partial charge < -0.3 is 20.6 Å². The van der Waals surface area contributed by atoms with Crippen molar-refractivity contribution in [2.24, 2.45) is 5.73 Å². The van der Waals surface area contributed by atoms with E-state index in [1.165, 1.54) is 0 Å². The Morgan fingerprint density at radius 1 is 1.42 bits per heavy atom. The average molecular weight is 195 g/mol. The molecule has 0 heterocycles. The third kappa shape index (κ3) is 1.56. The standard InChI is InChI=1S/C6H14NO4P/c7-6(12(9,10)11)4-2-1-3-5(6)8/h5,8H,1-4,7H2,(H2,9,10,11). The highest BCUT2D eigenvalue weighted by Gasteiger charge is 2.50. The highest BCUT2D eigenvalue weighted by molar-refractivity contribution is 7.53. The zero-order chi connectivity index (χ0) is 9.41. The summed E-state index contributed by atoms with van der Waals surface area (Å²) in [5, 5.41) is 7.64. The number of aliphatic hydroxyl groups is 1. The van der Waals surface area contributed by atoms with Gasteiger partial charge in [0.1, 0.15) is 5.28 Å². The van der Waals surface area contributed by atoms with Crippen LogP contribution < -0.4 is 5.73 Å². The predicted molar refractivity (Wildman–Crippen MR) is 43.4 cm³/mol. The Hall–Kier alpha value is 0.0700. The molecule has 0 radical (unpaired) electrons. The molecule has 0 bridgehead atoms. The van der Waals surface area contributed by atoms with Crippen LogP contribution in [0.15, 0.2) is 0 Å². The molecule has 1 rings (SSSR count). The maximum atomic E-state index is 10.9.